The third-order valence-electron chi connectivity index (χ3n) is 4.51. The molecule has 0 aliphatic rings. The van der Waals surface area contributed by atoms with Gasteiger partial charge >= 0.3 is 0 Å². The van der Waals surface area contributed by atoms with E-state index in [0.717, 1.165) is 40.4 Å². The summed E-state index contributed by atoms with van der Waals surface area (Å²) in [4.78, 5) is 18.4. The summed E-state index contributed by atoms with van der Waals surface area (Å²) in [6.07, 6.45) is 4.66. The van der Waals surface area contributed by atoms with Crippen molar-refractivity contribution in [3.8, 4) is 21.8 Å². The van der Waals surface area contributed by atoms with Crippen LogP contribution in [-0.4, -0.2) is 27.2 Å². The molecule has 4 aromatic rings. The van der Waals surface area contributed by atoms with E-state index in [0.29, 0.717) is 11.4 Å². The number of aryl methyl sites for hydroxylation is 2. The topological polar surface area (TPSA) is 59.8 Å². The van der Waals surface area contributed by atoms with Crippen LogP contribution in [0.25, 0.3) is 21.8 Å². The van der Waals surface area contributed by atoms with Gasteiger partial charge in [-0.1, -0.05) is 60.7 Å². The van der Waals surface area contributed by atoms with E-state index in [4.69, 9.17) is 4.98 Å². The Kier molecular flexibility index (Phi) is 5.81. The predicted molar refractivity (Wildman–Crippen MR) is 117 cm³/mol. The third-order valence-corrected chi connectivity index (χ3v) is 5.62. The van der Waals surface area contributed by atoms with Gasteiger partial charge in [0.2, 0.25) is 0 Å². The van der Waals surface area contributed by atoms with Gasteiger partial charge in [0.15, 0.2) is 0 Å². The van der Waals surface area contributed by atoms with Gasteiger partial charge in [0.05, 0.1) is 11.9 Å². The van der Waals surface area contributed by atoms with Gasteiger partial charge in [-0.3, -0.25) is 9.48 Å². The molecule has 4 rings (SSSR count). The van der Waals surface area contributed by atoms with Crippen molar-refractivity contribution in [2.45, 2.75) is 19.9 Å². The Morgan fingerprint density at radius 3 is 2.38 bits per heavy atom. The van der Waals surface area contributed by atoms with Gasteiger partial charge in [-0.25, -0.2) is 4.98 Å². The Bertz CT molecular complexity index is 1090. The van der Waals surface area contributed by atoms with Crippen LogP contribution in [-0.2, 0) is 6.54 Å². The van der Waals surface area contributed by atoms with E-state index in [2.05, 4.69) is 10.4 Å². The molecule has 0 atom stereocenters. The van der Waals surface area contributed by atoms with Crippen LogP contribution in [0.1, 0.15) is 21.7 Å². The van der Waals surface area contributed by atoms with Crippen molar-refractivity contribution in [3.05, 3.63) is 83.5 Å². The SMILES string of the molecule is Cc1cnn(CCCNC(=O)c2sc(-c3ccccc3)nc2-c2ccccc2)c1. The summed E-state index contributed by atoms with van der Waals surface area (Å²) in [7, 11) is 0. The highest BCUT2D eigenvalue weighted by atomic mass is 32.1. The highest BCUT2D eigenvalue weighted by molar-refractivity contribution is 7.17. The van der Waals surface area contributed by atoms with Crippen LogP contribution >= 0.6 is 11.3 Å². The molecule has 0 aliphatic heterocycles. The van der Waals surface area contributed by atoms with E-state index in [1.54, 1.807) is 0 Å². The normalized spacial score (nSPS) is 10.8. The number of nitrogens with zero attached hydrogens (tertiary/aromatic N) is 3. The van der Waals surface area contributed by atoms with Crippen molar-refractivity contribution in [1.29, 1.82) is 0 Å². The van der Waals surface area contributed by atoms with Crippen LogP contribution < -0.4 is 5.32 Å². The molecule has 1 N–H and O–H groups in total. The molecule has 0 bridgehead atoms. The van der Waals surface area contributed by atoms with Gasteiger partial charge in [0.25, 0.3) is 5.91 Å². The average molecular weight is 403 g/mol. The minimum atomic E-state index is -0.0832. The largest absolute Gasteiger partial charge is 0.351 e. The fourth-order valence-corrected chi connectivity index (χ4v) is 4.09. The Balaban J connectivity index is 1.51. The fourth-order valence-electron chi connectivity index (χ4n) is 3.08. The number of nitrogens with one attached hydrogen (secondary N) is 1. The minimum absolute atomic E-state index is 0.0832. The molecule has 0 radical (unpaired) electrons. The van der Waals surface area contributed by atoms with E-state index in [1.807, 2.05) is 84.7 Å². The summed E-state index contributed by atoms with van der Waals surface area (Å²) in [5.41, 5.74) is 3.83. The number of carbonyl (C=O) groups is 1. The molecular formula is C23H22N4OS. The Labute approximate surface area is 174 Å². The first-order valence-electron chi connectivity index (χ1n) is 9.59. The molecule has 0 aliphatic carbocycles. The number of carbonyl (C=O) groups excluding carboxylic acids is 1. The first-order chi connectivity index (χ1) is 14.2. The molecule has 29 heavy (non-hydrogen) atoms. The van der Waals surface area contributed by atoms with Gasteiger partial charge < -0.3 is 5.32 Å². The molecule has 0 saturated heterocycles. The van der Waals surface area contributed by atoms with Crippen molar-refractivity contribution in [1.82, 2.24) is 20.1 Å². The molecule has 2 aromatic carbocycles. The van der Waals surface area contributed by atoms with E-state index < -0.39 is 0 Å². The maximum absolute atomic E-state index is 12.9. The molecule has 6 heteroatoms. The monoisotopic (exact) mass is 402 g/mol. The summed E-state index contributed by atoms with van der Waals surface area (Å²) in [6.45, 7) is 3.38. The number of thiazole rings is 1. The molecule has 5 nitrogen and oxygen atoms in total. The fraction of sp³-hybridized carbons (Fsp3) is 0.174. The molecule has 0 saturated carbocycles. The van der Waals surface area contributed by atoms with Crippen molar-refractivity contribution in [2.24, 2.45) is 0 Å². The lowest BCUT2D eigenvalue weighted by Gasteiger charge is -2.06. The van der Waals surface area contributed by atoms with Crippen LogP contribution in [0, 0.1) is 6.92 Å². The Morgan fingerprint density at radius 2 is 1.72 bits per heavy atom. The lowest BCUT2D eigenvalue weighted by molar-refractivity contribution is 0.0957. The maximum atomic E-state index is 12.9. The van der Waals surface area contributed by atoms with Gasteiger partial charge in [0, 0.05) is 30.4 Å². The minimum Gasteiger partial charge on any atom is -0.351 e. The quantitative estimate of drug-likeness (QED) is 0.452. The summed E-state index contributed by atoms with van der Waals surface area (Å²) >= 11 is 1.43. The Hall–Kier alpha value is -3.25. The number of aromatic nitrogens is 3. The molecule has 0 fully saturated rings. The molecule has 146 valence electrons. The molecule has 1 amide bonds. The first-order valence-corrected chi connectivity index (χ1v) is 10.4. The van der Waals surface area contributed by atoms with Gasteiger partial charge in [-0.2, -0.15) is 5.10 Å². The van der Waals surface area contributed by atoms with Crippen molar-refractivity contribution in [2.75, 3.05) is 6.54 Å². The van der Waals surface area contributed by atoms with Crippen LogP contribution in [0.2, 0.25) is 0 Å². The average Bonchev–Trinajstić information content (AvgIpc) is 3.39. The first kappa shape index (κ1) is 19.1. The van der Waals surface area contributed by atoms with E-state index >= 15 is 0 Å². The van der Waals surface area contributed by atoms with Crippen molar-refractivity contribution >= 4 is 17.2 Å². The van der Waals surface area contributed by atoms with E-state index in [-0.39, 0.29) is 5.91 Å². The van der Waals surface area contributed by atoms with Crippen LogP contribution in [0.4, 0.5) is 0 Å². The lowest BCUT2D eigenvalue weighted by atomic mass is 10.1. The van der Waals surface area contributed by atoms with Gasteiger partial charge in [-0.15, -0.1) is 11.3 Å². The molecule has 0 spiro atoms. The number of hydrogen-bond acceptors (Lipinski definition) is 4. The van der Waals surface area contributed by atoms with Crippen LogP contribution in [0.5, 0.6) is 0 Å². The van der Waals surface area contributed by atoms with Gasteiger partial charge in [0.1, 0.15) is 9.88 Å². The second-order valence-corrected chi connectivity index (χ2v) is 7.82. The molecule has 0 unspecified atom stereocenters. The van der Waals surface area contributed by atoms with Gasteiger partial charge in [-0.05, 0) is 18.9 Å². The van der Waals surface area contributed by atoms with Crippen molar-refractivity contribution < 1.29 is 4.79 Å². The van der Waals surface area contributed by atoms with E-state index in [9.17, 15) is 4.79 Å². The summed E-state index contributed by atoms with van der Waals surface area (Å²) < 4.78 is 1.90. The number of hydrogen-bond donors (Lipinski definition) is 1. The van der Waals surface area contributed by atoms with Crippen molar-refractivity contribution in [3.63, 3.8) is 0 Å². The standard InChI is InChI=1S/C23H22N4OS/c1-17-15-25-27(16-17)14-8-13-24-22(28)21-20(18-9-4-2-5-10-18)26-23(29-21)19-11-6-3-7-12-19/h2-7,9-12,15-16H,8,13-14H2,1H3,(H,24,28). The lowest BCUT2D eigenvalue weighted by Crippen LogP contribution is -2.25. The van der Waals surface area contributed by atoms with Crippen LogP contribution in [0.3, 0.4) is 0 Å². The zero-order valence-electron chi connectivity index (χ0n) is 16.2. The maximum Gasteiger partial charge on any atom is 0.263 e. The number of amides is 1. The molecule has 2 aromatic heterocycles. The number of rotatable bonds is 7. The van der Waals surface area contributed by atoms with E-state index in [1.165, 1.54) is 11.3 Å². The van der Waals surface area contributed by atoms with Crippen LogP contribution in [0.15, 0.2) is 73.1 Å². The molecule has 2 heterocycles. The highest BCUT2D eigenvalue weighted by Crippen LogP contribution is 2.33. The summed E-state index contributed by atoms with van der Waals surface area (Å²) in [6, 6.07) is 19.8. The number of benzene rings is 2. The molecular weight excluding hydrogens is 380 g/mol. The smallest absolute Gasteiger partial charge is 0.263 e. The third kappa shape index (κ3) is 4.60. The summed E-state index contributed by atoms with van der Waals surface area (Å²) in [5.74, 6) is -0.0832. The zero-order valence-corrected chi connectivity index (χ0v) is 17.0. The Morgan fingerprint density at radius 1 is 1.03 bits per heavy atom. The predicted octanol–water partition coefficient (Wildman–Crippen LogP) is 4.80. The highest BCUT2D eigenvalue weighted by Gasteiger charge is 2.19. The second-order valence-electron chi connectivity index (χ2n) is 6.82. The second kappa shape index (κ2) is 8.84. The zero-order chi connectivity index (χ0) is 20.1. The summed E-state index contributed by atoms with van der Waals surface area (Å²) in [5, 5.41) is 8.17.